The van der Waals surface area contributed by atoms with Gasteiger partial charge < -0.3 is 9.80 Å². The van der Waals surface area contributed by atoms with Crippen molar-refractivity contribution in [1.82, 2.24) is 24.7 Å². The van der Waals surface area contributed by atoms with Gasteiger partial charge in [-0.05, 0) is 47.5 Å². The first-order valence-electron chi connectivity index (χ1n) is 10.0. The lowest BCUT2D eigenvalue weighted by atomic mass is 10.0. The van der Waals surface area contributed by atoms with E-state index in [1.807, 2.05) is 20.8 Å². The second-order valence-electron chi connectivity index (χ2n) is 9.06. The van der Waals surface area contributed by atoms with E-state index in [1.165, 1.54) is 0 Å². The van der Waals surface area contributed by atoms with Crippen molar-refractivity contribution in [2.24, 2.45) is 5.92 Å². The topological polar surface area (TPSA) is 115 Å². The van der Waals surface area contributed by atoms with Crippen molar-refractivity contribution in [3.63, 3.8) is 0 Å². The zero-order chi connectivity index (χ0) is 21.6. The van der Waals surface area contributed by atoms with Gasteiger partial charge in [-0.2, -0.15) is 5.10 Å². The van der Waals surface area contributed by atoms with Gasteiger partial charge in [0.15, 0.2) is 0 Å². The van der Waals surface area contributed by atoms with Crippen LogP contribution < -0.4 is 4.72 Å². The molecule has 0 bridgehead atoms. The normalized spacial score (nSPS) is 21.8. The lowest BCUT2D eigenvalue weighted by Gasteiger charge is -2.34. The molecule has 1 aromatic rings. The third-order valence-corrected chi connectivity index (χ3v) is 7.52. The number of H-pyrrole nitrogens is 1. The molecule has 2 N–H and O–H groups in total. The van der Waals surface area contributed by atoms with Crippen LogP contribution in [0, 0.1) is 19.8 Å². The summed E-state index contributed by atoms with van der Waals surface area (Å²) in [7, 11) is -3.66. The van der Waals surface area contributed by atoms with Crippen LogP contribution in [0.15, 0.2) is 4.90 Å². The molecule has 1 aromatic heterocycles. The zero-order valence-electron chi connectivity index (χ0n) is 17.8. The van der Waals surface area contributed by atoms with Gasteiger partial charge in [0.1, 0.15) is 4.90 Å². The average molecular weight is 426 g/mol. The van der Waals surface area contributed by atoms with Crippen LogP contribution in [0.1, 0.15) is 51.4 Å². The minimum Gasteiger partial charge on any atom is -0.342 e. The first-order chi connectivity index (χ1) is 13.4. The highest BCUT2D eigenvalue weighted by atomic mass is 32.2. The summed E-state index contributed by atoms with van der Waals surface area (Å²) in [4.78, 5) is 28.9. The molecule has 2 saturated heterocycles. The molecule has 0 aromatic carbocycles. The van der Waals surface area contributed by atoms with Gasteiger partial charge >= 0.3 is 0 Å². The van der Waals surface area contributed by atoms with E-state index < -0.39 is 10.0 Å². The van der Waals surface area contributed by atoms with Crippen molar-refractivity contribution in [1.29, 1.82) is 0 Å². The van der Waals surface area contributed by atoms with Gasteiger partial charge in [-0.1, -0.05) is 0 Å². The fraction of sp³-hybridized carbons (Fsp3) is 0.737. The fourth-order valence-electron chi connectivity index (χ4n) is 4.21. The number of sulfonamides is 1. The molecule has 3 rings (SSSR count). The molecule has 0 aliphatic carbocycles. The monoisotopic (exact) mass is 425 g/mol. The number of nitrogens with zero attached hydrogens (tertiary/aromatic N) is 3. The standard InChI is InChI=1S/C19H31N5O4S/c1-12-17(13(2)21-20-12)29(27,28)22-15-6-8-23(9-7-15)18(26)14-10-16(25)24(11-14)19(3,4)5/h14-15,22H,6-11H2,1-5H3,(H,20,21). The Morgan fingerprint density at radius 3 is 2.31 bits per heavy atom. The Balaban J connectivity index is 1.57. The fourth-order valence-corrected chi connectivity index (χ4v) is 5.89. The molecule has 2 aliphatic heterocycles. The van der Waals surface area contributed by atoms with Crippen LogP contribution in [-0.2, 0) is 19.6 Å². The summed E-state index contributed by atoms with van der Waals surface area (Å²) in [6, 6.07) is -0.228. The maximum Gasteiger partial charge on any atom is 0.244 e. The average Bonchev–Trinajstić information content (AvgIpc) is 3.17. The molecular formula is C19H31N5O4S. The van der Waals surface area contributed by atoms with Crippen LogP contribution in [0.25, 0.3) is 0 Å². The first-order valence-corrected chi connectivity index (χ1v) is 11.5. The Morgan fingerprint density at radius 1 is 1.21 bits per heavy atom. The minimum absolute atomic E-state index is 0.00655. The summed E-state index contributed by atoms with van der Waals surface area (Å²) >= 11 is 0. The Labute approximate surface area is 172 Å². The van der Waals surface area contributed by atoms with Crippen LogP contribution in [0.3, 0.4) is 0 Å². The smallest absolute Gasteiger partial charge is 0.244 e. The molecule has 10 heteroatoms. The highest BCUT2D eigenvalue weighted by Gasteiger charge is 2.41. The number of likely N-dealkylation sites (tertiary alicyclic amines) is 2. The predicted molar refractivity (Wildman–Crippen MR) is 108 cm³/mol. The Hall–Kier alpha value is -1.94. The van der Waals surface area contributed by atoms with Gasteiger partial charge in [-0.15, -0.1) is 0 Å². The number of rotatable bonds is 4. The molecule has 2 amide bonds. The summed E-state index contributed by atoms with van der Waals surface area (Å²) in [5.74, 6) is -0.302. The van der Waals surface area contributed by atoms with Gasteiger partial charge in [-0.25, -0.2) is 13.1 Å². The molecule has 0 spiro atoms. The van der Waals surface area contributed by atoms with E-state index >= 15 is 0 Å². The zero-order valence-corrected chi connectivity index (χ0v) is 18.6. The van der Waals surface area contributed by atoms with Crippen LogP contribution >= 0.6 is 0 Å². The number of amides is 2. The van der Waals surface area contributed by atoms with Crippen molar-refractivity contribution in [2.45, 2.75) is 70.4 Å². The summed E-state index contributed by atoms with van der Waals surface area (Å²) in [5.41, 5.74) is 0.662. The molecule has 0 saturated carbocycles. The Kier molecular flexibility index (Phi) is 5.79. The highest BCUT2D eigenvalue weighted by molar-refractivity contribution is 7.89. The van der Waals surface area contributed by atoms with Crippen LogP contribution in [0.2, 0.25) is 0 Å². The van der Waals surface area contributed by atoms with Gasteiger partial charge in [0.25, 0.3) is 0 Å². The SMILES string of the molecule is Cc1n[nH]c(C)c1S(=O)(=O)NC1CCN(C(=O)C2CC(=O)N(C(C)(C)C)C2)CC1. The number of piperidine rings is 1. The van der Waals surface area contributed by atoms with E-state index in [2.05, 4.69) is 14.9 Å². The Morgan fingerprint density at radius 2 is 1.83 bits per heavy atom. The van der Waals surface area contributed by atoms with E-state index in [4.69, 9.17) is 0 Å². The van der Waals surface area contributed by atoms with Gasteiger partial charge in [0, 0.05) is 37.6 Å². The second kappa shape index (κ2) is 7.71. The number of hydrogen-bond donors (Lipinski definition) is 2. The quantitative estimate of drug-likeness (QED) is 0.745. The molecule has 2 aliphatic rings. The highest BCUT2D eigenvalue weighted by Crippen LogP contribution is 2.28. The lowest BCUT2D eigenvalue weighted by molar-refractivity contribution is -0.136. The maximum atomic E-state index is 12.9. The molecule has 1 atom stereocenters. The number of carbonyl (C=O) groups is 2. The van der Waals surface area contributed by atoms with E-state index in [0.717, 1.165) is 0 Å². The number of carbonyl (C=O) groups excluding carboxylic acids is 2. The van der Waals surface area contributed by atoms with Crippen molar-refractivity contribution in [2.75, 3.05) is 19.6 Å². The lowest BCUT2D eigenvalue weighted by Crippen LogP contribution is -2.48. The van der Waals surface area contributed by atoms with Crippen molar-refractivity contribution in [3.8, 4) is 0 Å². The number of aromatic amines is 1. The van der Waals surface area contributed by atoms with Crippen LogP contribution in [0.5, 0.6) is 0 Å². The van der Waals surface area contributed by atoms with Gasteiger partial charge in [-0.3, -0.25) is 14.7 Å². The van der Waals surface area contributed by atoms with E-state index in [9.17, 15) is 18.0 Å². The van der Waals surface area contributed by atoms with E-state index in [0.29, 0.717) is 43.9 Å². The summed E-state index contributed by atoms with van der Waals surface area (Å²) in [6.07, 6.45) is 1.34. The molecular weight excluding hydrogens is 394 g/mol. The molecule has 162 valence electrons. The van der Waals surface area contributed by atoms with Crippen molar-refractivity contribution < 1.29 is 18.0 Å². The molecule has 3 heterocycles. The van der Waals surface area contributed by atoms with Crippen molar-refractivity contribution >= 4 is 21.8 Å². The third kappa shape index (κ3) is 4.48. The third-order valence-electron chi connectivity index (χ3n) is 5.74. The van der Waals surface area contributed by atoms with Gasteiger partial charge in [0.05, 0.1) is 17.3 Å². The van der Waals surface area contributed by atoms with Gasteiger partial charge in [0.2, 0.25) is 21.8 Å². The number of nitrogens with one attached hydrogen (secondary N) is 2. The maximum absolute atomic E-state index is 12.9. The summed E-state index contributed by atoms with van der Waals surface area (Å²) < 4.78 is 28.2. The first kappa shape index (κ1) is 21.8. The second-order valence-corrected chi connectivity index (χ2v) is 10.7. The summed E-state index contributed by atoms with van der Waals surface area (Å²) in [6.45, 7) is 10.7. The number of hydrogen-bond acceptors (Lipinski definition) is 5. The predicted octanol–water partition coefficient (Wildman–Crippen LogP) is 0.943. The van der Waals surface area contributed by atoms with Crippen molar-refractivity contribution in [3.05, 3.63) is 11.4 Å². The molecule has 2 fully saturated rings. The van der Waals surface area contributed by atoms with Crippen LogP contribution in [-0.4, -0.2) is 71.4 Å². The summed E-state index contributed by atoms with van der Waals surface area (Å²) in [5, 5.41) is 6.65. The van der Waals surface area contributed by atoms with E-state index in [-0.39, 0.29) is 40.6 Å². The molecule has 0 radical (unpaired) electrons. The van der Waals surface area contributed by atoms with Crippen LogP contribution in [0.4, 0.5) is 0 Å². The number of aromatic nitrogens is 2. The molecule has 9 nitrogen and oxygen atoms in total. The van der Waals surface area contributed by atoms with E-state index in [1.54, 1.807) is 23.6 Å². The molecule has 1 unspecified atom stereocenters. The largest absolute Gasteiger partial charge is 0.342 e. The number of aryl methyl sites for hydroxylation is 2. The molecule has 29 heavy (non-hydrogen) atoms. The minimum atomic E-state index is -3.66. The Bertz CT molecular complexity index is 875.